The molecule has 218 valence electrons. The van der Waals surface area contributed by atoms with E-state index in [2.05, 4.69) is 30.3 Å². The van der Waals surface area contributed by atoms with Gasteiger partial charge in [0, 0.05) is 6.54 Å². The molecule has 0 aliphatic rings. The van der Waals surface area contributed by atoms with Crippen LogP contribution in [0.2, 0.25) is 0 Å². The van der Waals surface area contributed by atoms with Gasteiger partial charge < -0.3 is 0 Å². The second-order valence-corrected chi connectivity index (χ2v) is 13.2. The van der Waals surface area contributed by atoms with E-state index in [1.165, 1.54) is 82.4 Å². The van der Waals surface area contributed by atoms with Gasteiger partial charge in [0.2, 0.25) is 10.0 Å². The van der Waals surface area contributed by atoms with Crippen molar-refractivity contribution in [3.05, 3.63) is 73.1 Å². The molecule has 42 heavy (non-hydrogen) atoms. The van der Waals surface area contributed by atoms with Gasteiger partial charge in [-0.2, -0.15) is 16.8 Å². The Kier molecular flexibility index (Phi) is 7.47. The van der Waals surface area contributed by atoms with Crippen molar-refractivity contribution in [3.63, 3.8) is 0 Å². The Bertz CT molecular complexity index is 1980. The van der Waals surface area contributed by atoms with Crippen molar-refractivity contribution in [1.29, 1.82) is 0 Å². The van der Waals surface area contributed by atoms with E-state index in [1.807, 2.05) is 0 Å². The minimum atomic E-state index is -4.38. The van der Waals surface area contributed by atoms with Crippen molar-refractivity contribution in [1.82, 2.24) is 39.7 Å². The van der Waals surface area contributed by atoms with Crippen LogP contribution in [-0.2, 0) is 30.3 Å². The van der Waals surface area contributed by atoms with Crippen LogP contribution in [0.4, 0.5) is 0 Å². The molecule has 5 aromatic rings. The van der Waals surface area contributed by atoms with Crippen LogP contribution in [0.15, 0.2) is 87.7 Å². The fourth-order valence-electron chi connectivity index (χ4n) is 3.75. The zero-order valence-electron chi connectivity index (χ0n) is 21.3. The fourth-order valence-corrected chi connectivity index (χ4v) is 5.79. The smallest absolute Gasteiger partial charge is 0.282 e. The molecule has 2 aromatic carbocycles. The highest BCUT2D eigenvalue weighted by molar-refractivity contribution is 7.89. The number of benzene rings is 2. The van der Waals surface area contributed by atoms with E-state index >= 15 is 0 Å². The van der Waals surface area contributed by atoms with E-state index in [0.29, 0.717) is 11.4 Å². The summed E-state index contributed by atoms with van der Waals surface area (Å²) < 4.78 is 94.6. The van der Waals surface area contributed by atoms with Gasteiger partial charge in [0.25, 0.3) is 20.2 Å². The Labute approximate surface area is 239 Å². The molecular formula is C23H20N8O8S3. The van der Waals surface area contributed by atoms with Gasteiger partial charge in [-0.1, -0.05) is 17.4 Å². The summed E-state index contributed by atoms with van der Waals surface area (Å²) in [6.45, 7) is 1.75. The molecule has 0 saturated heterocycles. The normalized spacial score (nSPS) is 12.5. The van der Waals surface area contributed by atoms with Crippen molar-refractivity contribution in [2.45, 2.75) is 21.6 Å². The van der Waals surface area contributed by atoms with Crippen molar-refractivity contribution >= 4 is 30.3 Å². The molecule has 0 atom stereocenters. The molecule has 0 spiro atoms. The number of sulfonamides is 1. The lowest BCUT2D eigenvalue weighted by molar-refractivity contribution is 0.481. The van der Waals surface area contributed by atoms with Crippen molar-refractivity contribution < 1.29 is 34.4 Å². The van der Waals surface area contributed by atoms with E-state index in [0.717, 1.165) is 0 Å². The third-order valence-corrected chi connectivity index (χ3v) is 9.01. The Morgan fingerprint density at radius 2 is 1.05 bits per heavy atom. The monoisotopic (exact) mass is 632 g/mol. The summed E-state index contributed by atoms with van der Waals surface area (Å²) in [5, 5.41) is 16.2. The first-order valence-electron chi connectivity index (χ1n) is 11.8. The summed E-state index contributed by atoms with van der Waals surface area (Å²) in [7, 11) is -12.7. The maximum atomic E-state index is 12.9. The molecule has 3 aromatic heterocycles. The molecule has 0 bridgehead atoms. The molecule has 0 saturated carbocycles. The molecule has 0 radical (unpaired) electrons. The van der Waals surface area contributed by atoms with E-state index in [4.69, 9.17) is 0 Å². The van der Waals surface area contributed by atoms with Crippen LogP contribution in [0.3, 0.4) is 0 Å². The maximum Gasteiger partial charge on any atom is 0.294 e. The topological polar surface area (TPSA) is 229 Å². The molecule has 19 heteroatoms. The summed E-state index contributed by atoms with van der Waals surface area (Å²) in [6.07, 6.45) is 2.90. The average molecular weight is 633 g/mol. The lowest BCUT2D eigenvalue weighted by Gasteiger charge is -2.08. The van der Waals surface area contributed by atoms with Gasteiger partial charge in [-0.05, 0) is 60.7 Å². The minimum Gasteiger partial charge on any atom is -0.282 e. The molecule has 5 rings (SSSR count). The summed E-state index contributed by atoms with van der Waals surface area (Å²) in [6, 6.07) is 12.9. The van der Waals surface area contributed by atoms with Crippen LogP contribution in [0.1, 0.15) is 6.92 Å². The number of nitrogens with zero attached hydrogens (tertiary/aromatic N) is 7. The molecule has 0 unspecified atom stereocenters. The maximum absolute atomic E-state index is 12.9. The van der Waals surface area contributed by atoms with Crippen LogP contribution < -0.4 is 4.72 Å². The van der Waals surface area contributed by atoms with Gasteiger partial charge in [0.1, 0.15) is 11.4 Å². The standard InChI is InChI=1S/C23H20N8O8S3/c1-2-24-40(32,33)19-11-20(22-13-30(28-26-22)15-3-7-17(8-4-15)41(34,35)36)25-21(12-19)23-14-31(29-27-23)16-5-9-18(10-6-16)42(37,38)39/h3-14,24H,2H2,1H3,(H,34,35,36)(H,37,38,39). The SMILES string of the molecule is CCNS(=O)(=O)c1cc(-c2cn(-c3ccc(S(=O)(=O)O)cc3)nn2)nc(-c2cn(-c3ccc(S(=O)(=O)O)cc3)nn2)c1. The van der Waals surface area contributed by atoms with Crippen LogP contribution in [-0.4, -0.2) is 75.9 Å². The van der Waals surface area contributed by atoms with Crippen molar-refractivity contribution in [2.75, 3.05) is 6.54 Å². The molecule has 0 aliphatic heterocycles. The van der Waals surface area contributed by atoms with Gasteiger partial charge in [-0.15, -0.1) is 10.2 Å². The average Bonchev–Trinajstić information content (AvgIpc) is 3.63. The van der Waals surface area contributed by atoms with E-state index in [1.54, 1.807) is 6.92 Å². The summed E-state index contributed by atoms with van der Waals surface area (Å²) in [5.74, 6) is 0. The highest BCUT2D eigenvalue weighted by atomic mass is 32.2. The Balaban J connectivity index is 1.54. The first-order chi connectivity index (χ1) is 19.7. The van der Waals surface area contributed by atoms with Crippen LogP contribution >= 0.6 is 0 Å². The number of hydrogen-bond donors (Lipinski definition) is 3. The molecular weight excluding hydrogens is 613 g/mol. The first-order valence-corrected chi connectivity index (χ1v) is 16.1. The summed E-state index contributed by atoms with van der Waals surface area (Å²) in [5.41, 5.74) is 1.41. The number of nitrogens with one attached hydrogen (secondary N) is 1. The van der Waals surface area contributed by atoms with E-state index in [-0.39, 0.29) is 44.0 Å². The lowest BCUT2D eigenvalue weighted by atomic mass is 10.2. The molecule has 0 fully saturated rings. The van der Waals surface area contributed by atoms with Crippen molar-refractivity contribution in [3.8, 4) is 34.2 Å². The molecule has 16 nitrogen and oxygen atoms in total. The molecule has 3 heterocycles. The second kappa shape index (κ2) is 10.8. The first kappa shape index (κ1) is 29.1. The van der Waals surface area contributed by atoms with Gasteiger partial charge >= 0.3 is 0 Å². The van der Waals surface area contributed by atoms with Crippen LogP contribution in [0.5, 0.6) is 0 Å². The Hall–Kier alpha value is -4.40. The largest absolute Gasteiger partial charge is 0.294 e. The predicted molar refractivity (Wildman–Crippen MR) is 145 cm³/mol. The quantitative estimate of drug-likeness (QED) is 0.195. The van der Waals surface area contributed by atoms with Gasteiger partial charge in [-0.25, -0.2) is 27.5 Å². The minimum absolute atomic E-state index is 0.122. The molecule has 0 aliphatic carbocycles. The Morgan fingerprint density at radius 1 is 0.643 bits per heavy atom. The number of pyridine rings is 1. The third-order valence-electron chi connectivity index (χ3n) is 5.75. The predicted octanol–water partition coefficient (Wildman–Crippen LogP) is 1.37. The zero-order valence-corrected chi connectivity index (χ0v) is 23.8. The van der Waals surface area contributed by atoms with Gasteiger partial charge in [-0.3, -0.25) is 9.11 Å². The number of aromatic nitrogens is 7. The molecule has 0 amide bonds. The zero-order chi connectivity index (χ0) is 30.3. The second-order valence-electron chi connectivity index (χ2n) is 8.61. The highest BCUT2D eigenvalue weighted by Crippen LogP contribution is 2.26. The summed E-state index contributed by atoms with van der Waals surface area (Å²) >= 11 is 0. The van der Waals surface area contributed by atoms with Crippen LogP contribution in [0.25, 0.3) is 34.2 Å². The van der Waals surface area contributed by atoms with Gasteiger partial charge in [0.15, 0.2) is 0 Å². The third kappa shape index (κ3) is 6.10. The fraction of sp³-hybridized carbons (Fsp3) is 0.0870. The highest BCUT2D eigenvalue weighted by Gasteiger charge is 2.20. The number of rotatable bonds is 9. The Morgan fingerprint density at radius 3 is 1.40 bits per heavy atom. The summed E-state index contributed by atoms with van der Waals surface area (Å²) in [4.78, 5) is 3.76. The van der Waals surface area contributed by atoms with Crippen molar-refractivity contribution in [2.24, 2.45) is 0 Å². The lowest BCUT2D eigenvalue weighted by Crippen LogP contribution is -2.23. The number of hydrogen-bond acceptors (Lipinski definition) is 11. The van der Waals surface area contributed by atoms with E-state index < -0.39 is 30.3 Å². The van der Waals surface area contributed by atoms with Crippen LogP contribution in [0, 0.1) is 0 Å². The molecule has 3 N–H and O–H groups in total. The van der Waals surface area contributed by atoms with E-state index in [9.17, 15) is 34.4 Å². The van der Waals surface area contributed by atoms with Gasteiger partial charge in [0.05, 0.1) is 49.8 Å².